The number of ether oxygens (including phenoxy) is 1. The highest BCUT2D eigenvalue weighted by Crippen LogP contribution is 2.20. The summed E-state index contributed by atoms with van der Waals surface area (Å²) in [5.74, 6) is -0.843. The predicted octanol–water partition coefficient (Wildman–Crippen LogP) is 2.28. The number of amides is 1. The normalized spacial score (nSPS) is 11.5. The molecule has 0 aliphatic carbocycles. The summed E-state index contributed by atoms with van der Waals surface area (Å²) in [4.78, 5) is 21.8. The summed E-state index contributed by atoms with van der Waals surface area (Å²) >= 11 is 4.10. The second-order valence-electron chi connectivity index (χ2n) is 2.64. The van der Waals surface area contributed by atoms with E-state index in [0.29, 0.717) is 5.70 Å². The highest BCUT2D eigenvalue weighted by atomic mass is 127. The molecule has 0 aromatic carbocycles. The number of carbonyl (C=O) groups is 2. The molecule has 0 atom stereocenters. The standard InChI is InChI=1S/C9H11I2NO3/c1-5(10)9(6(2)11)12-8(14)4-15-7(3)13/h1,4H2,2-3H3,(H,12,14)/b9-6-. The summed E-state index contributed by atoms with van der Waals surface area (Å²) in [6, 6.07) is 0. The van der Waals surface area contributed by atoms with E-state index in [-0.39, 0.29) is 12.5 Å². The van der Waals surface area contributed by atoms with Gasteiger partial charge in [-0.05, 0) is 52.1 Å². The summed E-state index contributed by atoms with van der Waals surface area (Å²) in [5.41, 5.74) is 0.661. The molecule has 0 fully saturated rings. The molecule has 6 heteroatoms. The lowest BCUT2D eigenvalue weighted by atomic mass is 10.4. The average molecular weight is 435 g/mol. The van der Waals surface area contributed by atoms with Gasteiger partial charge in [0.05, 0.1) is 5.70 Å². The van der Waals surface area contributed by atoms with Crippen molar-refractivity contribution in [2.75, 3.05) is 6.61 Å². The van der Waals surface area contributed by atoms with Crippen LogP contribution in [0.15, 0.2) is 19.4 Å². The molecule has 1 amide bonds. The van der Waals surface area contributed by atoms with Crippen LogP contribution in [-0.4, -0.2) is 18.5 Å². The van der Waals surface area contributed by atoms with E-state index in [4.69, 9.17) is 0 Å². The van der Waals surface area contributed by atoms with Gasteiger partial charge in [0.15, 0.2) is 6.61 Å². The van der Waals surface area contributed by atoms with Crippen LogP contribution < -0.4 is 5.32 Å². The van der Waals surface area contributed by atoms with Crippen LogP contribution in [0.4, 0.5) is 0 Å². The molecule has 0 spiro atoms. The molecule has 84 valence electrons. The van der Waals surface area contributed by atoms with E-state index >= 15 is 0 Å². The maximum absolute atomic E-state index is 11.3. The second kappa shape index (κ2) is 7.20. The van der Waals surface area contributed by atoms with Crippen LogP contribution in [0.25, 0.3) is 0 Å². The summed E-state index contributed by atoms with van der Waals surface area (Å²) in [6.07, 6.45) is 0. The number of allylic oxidation sites excluding steroid dienone is 2. The minimum Gasteiger partial charge on any atom is -0.456 e. The zero-order valence-corrected chi connectivity index (χ0v) is 12.7. The van der Waals surface area contributed by atoms with Gasteiger partial charge < -0.3 is 10.1 Å². The zero-order chi connectivity index (χ0) is 12.0. The van der Waals surface area contributed by atoms with Gasteiger partial charge in [-0.2, -0.15) is 0 Å². The maximum Gasteiger partial charge on any atom is 0.303 e. The Morgan fingerprint density at radius 3 is 2.20 bits per heavy atom. The highest BCUT2D eigenvalue weighted by molar-refractivity contribution is 14.1. The molecule has 4 nitrogen and oxygen atoms in total. The summed E-state index contributed by atoms with van der Waals surface area (Å²) in [6.45, 7) is 6.56. The molecule has 0 saturated carbocycles. The van der Waals surface area contributed by atoms with Crippen LogP contribution in [0.5, 0.6) is 0 Å². The smallest absolute Gasteiger partial charge is 0.303 e. The van der Waals surface area contributed by atoms with Gasteiger partial charge in [0.2, 0.25) is 0 Å². The first-order chi connectivity index (χ1) is 6.84. The molecule has 0 heterocycles. The van der Waals surface area contributed by atoms with Crippen LogP contribution in [-0.2, 0) is 14.3 Å². The minimum atomic E-state index is -0.477. The quantitative estimate of drug-likeness (QED) is 0.419. The van der Waals surface area contributed by atoms with Crippen molar-refractivity contribution in [3.05, 3.63) is 19.4 Å². The van der Waals surface area contributed by atoms with Crippen molar-refractivity contribution in [2.45, 2.75) is 13.8 Å². The SMILES string of the molecule is C=C(I)/C(NC(=O)COC(C)=O)=C(\C)I. The fourth-order valence-corrected chi connectivity index (χ4v) is 2.20. The van der Waals surface area contributed by atoms with Crippen LogP contribution in [0.2, 0.25) is 0 Å². The molecule has 0 aromatic heterocycles. The fourth-order valence-electron chi connectivity index (χ4n) is 0.684. The topological polar surface area (TPSA) is 55.4 Å². The fraction of sp³-hybridized carbons (Fsp3) is 0.333. The largest absolute Gasteiger partial charge is 0.456 e. The van der Waals surface area contributed by atoms with Crippen LogP contribution >= 0.6 is 45.2 Å². The summed E-state index contributed by atoms with van der Waals surface area (Å²) in [5, 5.41) is 2.62. The Morgan fingerprint density at radius 2 is 1.87 bits per heavy atom. The molecule has 0 aliphatic heterocycles. The van der Waals surface area contributed by atoms with E-state index in [9.17, 15) is 9.59 Å². The van der Waals surface area contributed by atoms with E-state index in [2.05, 4.69) is 39.2 Å². The first-order valence-corrected chi connectivity index (χ1v) is 6.14. The van der Waals surface area contributed by atoms with Crippen molar-refractivity contribution in [3.63, 3.8) is 0 Å². The number of nitrogens with one attached hydrogen (secondary N) is 1. The Kier molecular flexibility index (Phi) is 7.14. The molecule has 0 aromatic rings. The number of esters is 1. The third-order valence-corrected chi connectivity index (χ3v) is 2.37. The number of hydrogen-bond donors (Lipinski definition) is 1. The van der Waals surface area contributed by atoms with Gasteiger partial charge in [-0.1, -0.05) is 6.58 Å². The van der Waals surface area contributed by atoms with Gasteiger partial charge in [-0.3, -0.25) is 9.59 Å². The maximum atomic E-state index is 11.3. The Bertz CT molecular complexity index is 319. The number of carbonyl (C=O) groups excluding carboxylic acids is 2. The molecule has 0 radical (unpaired) electrons. The second-order valence-corrected chi connectivity index (χ2v) is 5.56. The van der Waals surface area contributed by atoms with Crippen molar-refractivity contribution in [1.82, 2.24) is 5.32 Å². The van der Waals surface area contributed by atoms with E-state index in [1.54, 1.807) is 0 Å². The van der Waals surface area contributed by atoms with Crippen molar-refractivity contribution >= 4 is 57.1 Å². The first kappa shape index (κ1) is 14.9. The average Bonchev–Trinajstić information content (AvgIpc) is 2.09. The summed E-state index contributed by atoms with van der Waals surface area (Å²) < 4.78 is 6.21. The Balaban J connectivity index is 4.33. The Labute approximate surface area is 116 Å². The van der Waals surface area contributed by atoms with Gasteiger partial charge in [0, 0.05) is 14.1 Å². The number of halogens is 2. The third kappa shape index (κ3) is 6.88. The number of hydrogen-bond acceptors (Lipinski definition) is 3. The van der Waals surface area contributed by atoms with Gasteiger partial charge in [0.1, 0.15) is 0 Å². The van der Waals surface area contributed by atoms with Crippen molar-refractivity contribution in [3.8, 4) is 0 Å². The van der Waals surface area contributed by atoms with E-state index in [0.717, 1.165) is 7.16 Å². The molecule has 0 aliphatic rings. The first-order valence-electron chi connectivity index (χ1n) is 3.99. The molecule has 0 saturated heterocycles. The predicted molar refractivity (Wildman–Crippen MR) is 74.7 cm³/mol. The van der Waals surface area contributed by atoms with Crippen molar-refractivity contribution in [1.29, 1.82) is 0 Å². The minimum absolute atomic E-state index is 0.271. The number of rotatable bonds is 4. The lowest BCUT2D eigenvalue weighted by Crippen LogP contribution is -2.28. The van der Waals surface area contributed by atoms with Crippen LogP contribution in [0, 0.1) is 0 Å². The lowest BCUT2D eigenvalue weighted by Gasteiger charge is -2.09. The monoisotopic (exact) mass is 435 g/mol. The molecule has 0 rings (SSSR count). The molecular formula is C9H11I2NO3. The van der Waals surface area contributed by atoms with Gasteiger partial charge in [-0.15, -0.1) is 0 Å². The van der Waals surface area contributed by atoms with E-state index < -0.39 is 5.97 Å². The van der Waals surface area contributed by atoms with Crippen LogP contribution in [0.3, 0.4) is 0 Å². The van der Waals surface area contributed by atoms with Gasteiger partial charge in [0.25, 0.3) is 5.91 Å². The van der Waals surface area contributed by atoms with Crippen molar-refractivity contribution in [2.24, 2.45) is 0 Å². The molecular weight excluding hydrogens is 424 g/mol. The Morgan fingerprint density at radius 1 is 1.33 bits per heavy atom. The van der Waals surface area contributed by atoms with Gasteiger partial charge >= 0.3 is 5.97 Å². The van der Waals surface area contributed by atoms with E-state index in [1.165, 1.54) is 6.92 Å². The molecule has 15 heavy (non-hydrogen) atoms. The zero-order valence-electron chi connectivity index (χ0n) is 8.39. The summed E-state index contributed by atoms with van der Waals surface area (Å²) in [7, 11) is 0. The highest BCUT2D eigenvalue weighted by Gasteiger charge is 2.09. The van der Waals surface area contributed by atoms with Gasteiger partial charge in [-0.25, -0.2) is 0 Å². The van der Waals surface area contributed by atoms with E-state index in [1.807, 2.05) is 29.5 Å². The third-order valence-electron chi connectivity index (χ3n) is 1.29. The van der Waals surface area contributed by atoms with Crippen molar-refractivity contribution < 1.29 is 14.3 Å². The molecule has 1 N–H and O–H groups in total. The lowest BCUT2D eigenvalue weighted by molar-refractivity contribution is -0.146. The molecule has 0 unspecified atom stereocenters. The Hall–Kier alpha value is -0.120. The van der Waals surface area contributed by atoms with Crippen LogP contribution in [0.1, 0.15) is 13.8 Å². The molecule has 0 bridgehead atoms.